The number of hydrogen-bond acceptors (Lipinski definition) is 0. The Labute approximate surface area is 59.7 Å². The van der Waals surface area contributed by atoms with Crippen molar-refractivity contribution in [2.24, 2.45) is 17.3 Å². The quantitative estimate of drug-likeness (QED) is 0.534. The summed E-state index contributed by atoms with van der Waals surface area (Å²) in [5.41, 5.74) is 0.389. The lowest BCUT2D eigenvalue weighted by molar-refractivity contribution is 0.183. The molecule has 1 atom stereocenters. The first kappa shape index (κ1) is 9.00. The topological polar surface area (TPSA) is 0 Å². The van der Waals surface area contributed by atoms with Gasteiger partial charge in [0, 0.05) is 0 Å². The van der Waals surface area contributed by atoms with E-state index in [-0.39, 0.29) is 0 Å². The molecule has 0 aliphatic rings. The Morgan fingerprint density at radius 3 is 1.44 bits per heavy atom. The van der Waals surface area contributed by atoms with Crippen molar-refractivity contribution in [3.8, 4) is 0 Å². The molecule has 0 spiro atoms. The fourth-order valence-electron chi connectivity index (χ4n) is 0.569. The van der Waals surface area contributed by atoms with Crippen molar-refractivity contribution in [3.63, 3.8) is 0 Å². The molecule has 1 unspecified atom stereocenters. The number of rotatable bonds is 2. The van der Waals surface area contributed by atoms with Crippen LogP contribution in [0.15, 0.2) is 0 Å². The smallest absolute Gasteiger partial charge is 0.0305 e. The Morgan fingerprint density at radius 1 is 1.11 bits per heavy atom. The van der Waals surface area contributed by atoms with Crippen LogP contribution >= 0.6 is 0 Å². The molecular formula is C9H19. The molecule has 0 heterocycles. The minimum absolute atomic E-state index is 0.389. The molecule has 0 bridgehead atoms. The highest BCUT2D eigenvalue weighted by Crippen LogP contribution is 2.33. The molecule has 0 nitrogen and oxygen atoms in total. The molecule has 0 aromatic carbocycles. The van der Waals surface area contributed by atoms with Gasteiger partial charge in [-0.15, -0.1) is 0 Å². The van der Waals surface area contributed by atoms with Gasteiger partial charge in [0.15, 0.2) is 0 Å². The third kappa shape index (κ3) is 2.00. The standard InChI is InChI=1S/C9H19/c1-7(2)9(5,6)8(3)4/h7-8H,1H2,2-6H3. The zero-order valence-electron chi connectivity index (χ0n) is 7.36. The minimum Gasteiger partial charge on any atom is -0.0623 e. The molecule has 0 N–H and O–H groups in total. The molecule has 0 aliphatic heterocycles. The lowest BCUT2D eigenvalue weighted by atomic mass is 9.72. The number of hydrogen-bond donors (Lipinski definition) is 0. The normalized spacial score (nSPS) is 13.3. The van der Waals surface area contributed by atoms with Gasteiger partial charge < -0.3 is 0 Å². The van der Waals surface area contributed by atoms with E-state index >= 15 is 0 Å². The van der Waals surface area contributed by atoms with Gasteiger partial charge in [-0.05, 0) is 24.2 Å². The van der Waals surface area contributed by atoms with Crippen LogP contribution in [0.4, 0.5) is 0 Å². The first-order valence-corrected chi connectivity index (χ1v) is 3.72. The van der Waals surface area contributed by atoms with Crippen LogP contribution in [0.5, 0.6) is 0 Å². The van der Waals surface area contributed by atoms with Gasteiger partial charge in [-0.3, -0.25) is 0 Å². The summed E-state index contributed by atoms with van der Waals surface area (Å²) in [6.45, 7) is 15.3. The van der Waals surface area contributed by atoms with Crippen LogP contribution in [0.1, 0.15) is 34.6 Å². The molecule has 0 aromatic heterocycles. The van der Waals surface area contributed by atoms with Crippen LogP contribution in [-0.4, -0.2) is 0 Å². The van der Waals surface area contributed by atoms with Crippen molar-refractivity contribution < 1.29 is 0 Å². The lowest BCUT2D eigenvalue weighted by Gasteiger charge is -2.33. The van der Waals surface area contributed by atoms with E-state index in [1.807, 2.05) is 0 Å². The van der Waals surface area contributed by atoms with E-state index in [2.05, 4.69) is 41.5 Å². The Bertz CT molecular complexity index is 68.0. The van der Waals surface area contributed by atoms with Gasteiger partial charge in [0.1, 0.15) is 0 Å². The first-order chi connectivity index (χ1) is 3.89. The fraction of sp³-hybridized carbons (Fsp3) is 0.889. The zero-order valence-corrected chi connectivity index (χ0v) is 7.36. The molecule has 0 aliphatic carbocycles. The maximum Gasteiger partial charge on any atom is -0.0305 e. The third-order valence-corrected chi connectivity index (χ3v) is 2.76. The van der Waals surface area contributed by atoms with E-state index < -0.39 is 0 Å². The lowest BCUT2D eigenvalue weighted by Crippen LogP contribution is -2.25. The molecule has 9 heavy (non-hydrogen) atoms. The highest BCUT2D eigenvalue weighted by Gasteiger charge is 2.25. The summed E-state index contributed by atoms with van der Waals surface area (Å²) in [5, 5.41) is 0. The molecule has 0 saturated carbocycles. The van der Waals surface area contributed by atoms with Gasteiger partial charge in [0.05, 0.1) is 0 Å². The second-order valence-corrected chi connectivity index (χ2v) is 3.88. The first-order valence-electron chi connectivity index (χ1n) is 3.72. The Balaban J connectivity index is 4.01. The molecule has 0 amide bonds. The van der Waals surface area contributed by atoms with Crippen LogP contribution in [0.3, 0.4) is 0 Å². The highest BCUT2D eigenvalue weighted by molar-refractivity contribution is 4.79. The predicted octanol–water partition coefficient (Wildman–Crippen LogP) is 3.14. The van der Waals surface area contributed by atoms with Crippen molar-refractivity contribution >= 4 is 0 Å². The van der Waals surface area contributed by atoms with E-state index in [0.29, 0.717) is 11.3 Å². The highest BCUT2D eigenvalue weighted by atomic mass is 14.3. The van der Waals surface area contributed by atoms with Crippen LogP contribution in [0.25, 0.3) is 0 Å². The van der Waals surface area contributed by atoms with E-state index in [4.69, 9.17) is 0 Å². The van der Waals surface area contributed by atoms with Gasteiger partial charge in [0.25, 0.3) is 0 Å². The average molecular weight is 127 g/mol. The summed E-state index contributed by atoms with van der Waals surface area (Å²) in [4.78, 5) is 0. The van der Waals surface area contributed by atoms with Gasteiger partial charge in [-0.25, -0.2) is 0 Å². The maximum atomic E-state index is 4.03. The zero-order chi connectivity index (χ0) is 7.65. The summed E-state index contributed by atoms with van der Waals surface area (Å²) in [5.74, 6) is 1.27. The summed E-state index contributed by atoms with van der Waals surface area (Å²) in [7, 11) is 0. The van der Waals surface area contributed by atoms with E-state index in [9.17, 15) is 0 Å². The van der Waals surface area contributed by atoms with Gasteiger partial charge in [-0.1, -0.05) is 34.6 Å². The molecular weight excluding hydrogens is 108 g/mol. The van der Waals surface area contributed by atoms with Crippen molar-refractivity contribution in [2.75, 3.05) is 0 Å². The summed E-state index contributed by atoms with van der Waals surface area (Å²) in [6, 6.07) is 0. The second-order valence-electron chi connectivity index (χ2n) is 3.88. The van der Waals surface area contributed by atoms with E-state index in [1.54, 1.807) is 0 Å². The molecule has 0 heteroatoms. The molecule has 0 aromatic rings. The molecule has 0 fully saturated rings. The SMILES string of the molecule is [CH2]C(C)C(C)(C)C(C)C. The average Bonchev–Trinajstić information content (AvgIpc) is 1.65. The van der Waals surface area contributed by atoms with Crippen molar-refractivity contribution in [1.29, 1.82) is 0 Å². The van der Waals surface area contributed by atoms with E-state index in [0.717, 1.165) is 5.92 Å². The molecule has 0 saturated heterocycles. The summed E-state index contributed by atoms with van der Waals surface area (Å²) < 4.78 is 0. The van der Waals surface area contributed by atoms with Crippen molar-refractivity contribution in [2.45, 2.75) is 34.6 Å². The van der Waals surface area contributed by atoms with E-state index in [1.165, 1.54) is 0 Å². The van der Waals surface area contributed by atoms with Crippen molar-refractivity contribution in [3.05, 3.63) is 6.92 Å². The Kier molecular flexibility index (Phi) is 2.72. The Morgan fingerprint density at radius 2 is 1.44 bits per heavy atom. The second kappa shape index (κ2) is 2.72. The van der Waals surface area contributed by atoms with Crippen molar-refractivity contribution in [1.82, 2.24) is 0 Å². The largest absolute Gasteiger partial charge is 0.0623 e. The fourth-order valence-corrected chi connectivity index (χ4v) is 0.569. The summed E-state index contributed by atoms with van der Waals surface area (Å²) in [6.07, 6.45) is 0. The Hall–Kier alpha value is 0. The molecule has 1 radical (unpaired) electrons. The van der Waals surface area contributed by atoms with Crippen LogP contribution in [0.2, 0.25) is 0 Å². The van der Waals surface area contributed by atoms with Gasteiger partial charge >= 0.3 is 0 Å². The predicted molar refractivity (Wildman–Crippen MR) is 43.1 cm³/mol. The third-order valence-electron chi connectivity index (χ3n) is 2.76. The molecule has 55 valence electrons. The van der Waals surface area contributed by atoms with Crippen LogP contribution in [0, 0.1) is 24.2 Å². The molecule has 0 rings (SSSR count). The minimum atomic E-state index is 0.389. The van der Waals surface area contributed by atoms with Crippen LogP contribution < -0.4 is 0 Å². The summed E-state index contributed by atoms with van der Waals surface area (Å²) >= 11 is 0. The van der Waals surface area contributed by atoms with Gasteiger partial charge in [0.2, 0.25) is 0 Å². The van der Waals surface area contributed by atoms with Gasteiger partial charge in [-0.2, -0.15) is 0 Å². The maximum absolute atomic E-state index is 4.03. The van der Waals surface area contributed by atoms with Crippen LogP contribution in [-0.2, 0) is 0 Å². The monoisotopic (exact) mass is 127 g/mol.